The number of carbonyl (C=O) groups is 1. The quantitative estimate of drug-likeness (QED) is 0.674. The minimum absolute atomic E-state index is 0.318. The van der Waals surface area contributed by atoms with E-state index in [9.17, 15) is 4.79 Å². The Bertz CT molecular complexity index is 160. The zero-order valence-electron chi connectivity index (χ0n) is 10.3. The van der Waals surface area contributed by atoms with E-state index in [1.807, 2.05) is 20.8 Å². The third-order valence-electron chi connectivity index (χ3n) is 2.02. The van der Waals surface area contributed by atoms with Crippen molar-refractivity contribution >= 4 is 6.47 Å². The van der Waals surface area contributed by atoms with E-state index < -0.39 is 0 Å². The lowest BCUT2D eigenvalue weighted by molar-refractivity contribution is -0.138. The molecule has 0 bridgehead atoms. The van der Waals surface area contributed by atoms with Crippen molar-refractivity contribution in [3.05, 3.63) is 0 Å². The average molecular weight is 216 g/mol. The topological polar surface area (TPSA) is 50.4 Å². The molecule has 1 aliphatic heterocycles. The second-order valence-electron chi connectivity index (χ2n) is 4.59. The van der Waals surface area contributed by atoms with Crippen LogP contribution in [0.3, 0.4) is 0 Å². The van der Waals surface area contributed by atoms with Gasteiger partial charge in [-0.3, -0.25) is 4.79 Å². The summed E-state index contributed by atoms with van der Waals surface area (Å²) in [6.07, 6.45) is 1.24. The zero-order valence-corrected chi connectivity index (χ0v) is 10.3. The summed E-state index contributed by atoms with van der Waals surface area (Å²) in [7, 11) is 0. The van der Waals surface area contributed by atoms with Crippen LogP contribution < -0.4 is 10.6 Å². The molecule has 1 saturated heterocycles. The Kier molecular flexibility index (Phi) is 7.34. The molecule has 0 amide bonds. The number of hydrogen-bond acceptors (Lipinski definition) is 4. The van der Waals surface area contributed by atoms with E-state index in [0.29, 0.717) is 6.47 Å². The third kappa shape index (κ3) is 9.69. The first-order valence-electron chi connectivity index (χ1n) is 5.55. The fourth-order valence-electron chi connectivity index (χ4n) is 1.15. The van der Waals surface area contributed by atoms with Crippen molar-refractivity contribution in [1.29, 1.82) is 0 Å². The molecule has 4 nitrogen and oxygen atoms in total. The van der Waals surface area contributed by atoms with Gasteiger partial charge in [0.2, 0.25) is 0 Å². The Balaban J connectivity index is 0.000000265. The minimum Gasteiger partial charge on any atom is -0.462 e. The van der Waals surface area contributed by atoms with Gasteiger partial charge < -0.3 is 15.4 Å². The number of piperazine rings is 1. The highest BCUT2D eigenvalue weighted by Gasteiger charge is 2.08. The molecule has 1 heterocycles. The van der Waals surface area contributed by atoms with Crippen LogP contribution in [0.4, 0.5) is 0 Å². The van der Waals surface area contributed by atoms with Crippen molar-refractivity contribution in [1.82, 2.24) is 10.6 Å². The summed E-state index contributed by atoms with van der Waals surface area (Å²) >= 11 is 0. The third-order valence-corrected chi connectivity index (χ3v) is 2.02. The maximum Gasteiger partial charge on any atom is 0.293 e. The molecule has 1 fully saturated rings. The summed E-state index contributed by atoms with van der Waals surface area (Å²) in [6, 6.07) is 0.726. The van der Waals surface area contributed by atoms with Gasteiger partial charge in [0.1, 0.15) is 5.60 Å². The average Bonchev–Trinajstić information content (AvgIpc) is 2.18. The highest BCUT2D eigenvalue weighted by Crippen LogP contribution is 2.02. The van der Waals surface area contributed by atoms with Crippen molar-refractivity contribution < 1.29 is 9.53 Å². The van der Waals surface area contributed by atoms with Gasteiger partial charge in [-0.25, -0.2) is 0 Å². The molecule has 0 aromatic rings. The Labute approximate surface area is 92.8 Å². The minimum atomic E-state index is -0.318. The molecule has 0 aromatic heterocycles. The van der Waals surface area contributed by atoms with Crippen LogP contribution in [-0.2, 0) is 9.53 Å². The summed E-state index contributed by atoms with van der Waals surface area (Å²) in [4.78, 5) is 9.60. The fraction of sp³-hybridized carbons (Fsp3) is 0.909. The van der Waals surface area contributed by atoms with Gasteiger partial charge >= 0.3 is 0 Å². The Hall–Kier alpha value is -0.610. The maximum absolute atomic E-state index is 9.60. The maximum atomic E-state index is 9.60. The van der Waals surface area contributed by atoms with Gasteiger partial charge in [0.15, 0.2) is 0 Å². The molecule has 1 rings (SSSR count). The largest absolute Gasteiger partial charge is 0.462 e. The van der Waals surface area contributed by atoms with Crippen LogP contribution in [0.15, 0.2) is 0 Å². The molecule has 1 atom stereocenters. The molecule has 15 heavy (non-hydrogen) atoms. The number of nitrogens with one attached hydrogen (secondary N) is 2. The van der Waals surface area contributed by atoms with E-state index in [0.717, 1.165) is 25.7 Å². The van der Waals surface area contributed by atoms with Crippen LogP contribution in [0.25, 0.3) is 0 Å². The van der Waals surface area contributed by atoms with E-state index in [-0.39, 0.29) is 5.60 Å². The number of carbonyl (C=O) groups excluding carboxylic acids is 1. The highest BCUT2D eigenvalue weighted by atomic mass is 16.5. The lowest BCUT2D eigenvalue weighted by Crippen LogP contribution is -2.47. The molecule has 1 aliphatic rings. The predicted octanol–water partition coefficient (Wildman–Crippen LogP) is 0.916. The normalized spacial score (nSPS) is 21.2. The summed E-state index contributed by atoms with van der Waals surface area (Å²) in [5, 5.41) is 6.73. The molecular weight excluding hydrogens is 192 g/mol. The monoisotopic (exact) mass is 216 g/mol. The lowest BCUT2D eigenvalue weighted by Gasteiger charge is -2.22. The van der Waals surface area contributed by atoms with E-state index in [4.69, 9.17) is 0 Å². The molecule has 4 heteroatoms. The van der Waals surface area contributed by atoms with Crippen molar-refractivity contribution in [2.24, 2.45) is 0 Å². The molecule has 0 saturated carbocycles. The Morgan fingerprint density at radius 3 is 2.27 bits per heavy atom. The van der Waals surface area contributed by atoms with Gasteiger partial charge in [0, 0.05) is 25.7 Å². The first kappa shape index (κ1) is 14.4. The molecular formula is C11H24N2O2. The smallest absolute Gasteiger partial charge is 0.293 e. The van der Waals surface area contributed by atoms with Crippen LogP contribution in [-0.4, -0.2) is 37.7 Å². The van der Waals surface area contributed by atoms with Crippen molar-refractivity contribution in [3.63, 3.8) is 0 Å². The van der Waals surface area contributed by atoms with Crippen molar-refractivity contribution in [3.8, 4) is 0 Å². The number of hydrogen-bond donors (Lipinski definition) is 2. The van der Waals surface area contributed by atoms with Gasteiger partial charge in [-0.1, -0.05) is 6.92 Å². The van der Waals surface area contributed by atoms with Crippen LogP contribution in [0.5, 0.6) is 0 Å². The Morgan fingerprint density at radius 1 is 1.40 bits per heavy atom. The Morgan fingerprint density at radius 2 is 2.07 bits per heavy atom. The summed E-state index contributed by atoms with van der Waals surface area (Å²) in [5.74, 6) is 0. The van der Waals surface area contributed by atoms with Gasteiger partial charge in [-0.15, -0.1) is 0 Å². The molecule has 0 unspecified atom stereocenters. The van der Waals surface area contributed by atoms with Gasteiger partial charge in [-0.2, -0.15) is 0 Å². The van der Waals surface area contributed by atoms with E-state index in [2.05, 4.69) is 22.3 Å². The van der Waals surface area contributed by atoms with Gasteiger partial charge in [0.05, 0.1) is 0 Å². The first-order chi connectivity index (χ1) is 6.99. The van der Waals surface area contributed by atoms with Gasteiger partial charge in [-0.05, 0) is 27.2 Å². The van der Waals surface area contributed by atoms with Crippen LogP contribution in [0, 0.1) is 0 Å². The summed E-state index contributed by atoms with van der Waals surface area (Å²) < 4.78 is 4.55. The van der Waals surface area contributed by atoms with Crippen LogP contribution in [0.1, 0.15) is 34.1 Å². The lowest BCUT2D eigenvalue weighted by atomic mass is 10.2. The molecule has 0 aromatic carbocycles. The first-order valence-corrected chi connectivity index (χ1v) is 5.55. The molecule has 90 valence electrons. The van der Waals surface area contributed by atoms with Crippen molar-refractivity contribution in [2.45, 2.75) is 45.8 Å². The molecule has 0 spiro atoms. The standard InChI is InChI=1S/C6H14N2.C5H10O2/c1-2-6-5-7-3-4-8-6;1-5(2,3)7-4-6/h6-8H,2-5H2,1H3;4H,1-3H3/t6-;/m0./s1. The molecule has 0 radical (unpaired) electrons. The zero-order chi connectivity index (χ0) is 11.7. The summed E-state index contributed by atoms with van der Waals surface area (Å²) in [5.41, 5.74) is -0.318. The predicted molar refractivity (Wildman–Crippen MR) is 61.9 cm³/mol. The number of ether oxygens (including phenoxy) is 1. The molecule has 0 aliphatic carbocycles. The van der Waals surface area contributed by atoms with E-state index in [1.165, 1.54) is 6.42 Å². The fourth-order valence-corrected chi connectivity index (χ4v) is 1.15. The second-order valence-corrected chi connectivity index (χ2v) is 4.59. The van der Waals surface area contributed by atoms with Crippen LogP contribution >= 0.6 is 0 Å². The van der Waals surface area contributed by atoms with E-state index in [1.54, 1.807) is 0 Å². The molecule has 2 N–H and O–H groups in total. The van der Waals surface area contributed by atoms with Crippen molar-refractivity contribution in [2.75, 3.05) is 19.6 Å². The highest BCUT2D eigenvalue weighted by molar-refractivity contribution is 5.37. The second kappa shape index (κ2) is 7.65. The number of rotatable bonds is 2. The summed E-state index contributed by atoms with van der Waals surface area (Å²) in [6.45, 7) is 11.6. The van der Waals surface area contributed by atoms with Crippen LogP contribution in [0.2, 0.25) is 0 Å². The SMILES string of the molecule is CC(C)(C)OC=O.CC[C@H]1CNCCN1. The van der Waals surface area contributed by atoms with Gasteiger partial charge in [0.25, 0.3) is 6.47 Å². The van der Waals surface area contributed by atoms with E-state index >= 15 is 0 Å².